The molecule has 1 unspecified atom stereocenters. The highest BCUT2D eigenvalue weighted by atomic mass is 16.5. The third-order valence-corrected chi connectivity index (χ3v) is 4.08. The van der Waals surface area contributed by atoms with Crippen molar-refractivity contribution in [3.8, 4) is 0 Å². The SMILES string of the molecule is COC(=O)C(Cc1ccccc1)NC(=O)N1CC(=O)Nc2ccccc21. The molecule has 0 saturated carbocycles. The van der Waals surface area contributed by atoms with Crippen molar-refractivity contribution in [1.29, 1.82) is 0 Å². The number of hydrogen-bond donors (Lipinski definition) is 2. The van der Waals surface area contributed by atoms with Crippen LogP contribution < -0.4 is 15.5 Å². The summed E-state index contributed by atoms with van der Waals surface area (Å²) < 4.78 is 4.81. The highest BCUT2D eigenvalue weighted by Crippen LogP contribution is 2.28. The van der Waals surface area contributed by atoms with E-state index in [0.717, 1.165) is 5.56 Å². The number of carbonyl (C=O) groups is 3. The normalized spacial score (nSPS) is 14.0. The summed E-state index contributed by atoms with van der Waals surface area (Å²) in [6, 6.07) is 14.9. The number of anilines is 2. The molecule has 0 spiro atoms. The lowest BCUT2D eigenvalue weighted by molar-refractivity contribution is -0.142. The topological polar surface area (TPSA) is 87.7 Å². The third kappa shape index (κ3) is 3.83. The molecule has 0 aromatic heterocycles. The van der Waals surface area contributed by atoms with E-state index < -0.39 is 18.0 Å². The molecule has 0 saturated heterocycles. The predicted octanol–water partition coefficient (Wildman–Crippen LogP) is 1.94. The summed E-state index contributed by atoms with van der Waals surface area (Å²) in [7, 11) is 1.27. The van der Waals surface area contributed by atoms with Crippen molar-refractivity contribution >= 4 is 29.3 Å². The van der Waals surface area contributed by atoms with E-state index >= 15 is 0 Å². The Morgan fingerprint density at radius 3 is 2.58 bits per heavy atom. The summed E-state index contributed by atoms with van der Waals surface area (Å²) in [6.07, 6.45) is 0.293. The van der Waals surface area contributed by atoms with E-state index in [9.17, 15) is 14.4 Å². The first-order valence-electron chi connectivity index (χ1n) is 8.17. The van der Waals surface area contributed by atoms with Crippen LogP contribution in [0.4, 0.5) is 16.2 Å². The highest BCUT2D eigenvalue weighted by molar-refractivity contribution is 6.09. The zero-order valence-corrected chi connectivity index (χ0v) is 14.3. The first-order chi connectivity index (χ1) is 12.6. The maximum absolute atomic E-state index is 12.8. The minimum atomic E-state index is -0.855. The molecule has 2 aromatic rings. The van der Waals surface area contributed by atoms with Crippen molar-refractivity contribution in [3.05, 3.63) is 60.2 Å². The number of nitrogens with one attached hydrogen (secondary N) is 2. The first-order valence-corrected chi connectivity index (χ1v) is 8.17. The molecule has 1 heterocycles. The Morgan fingerprint density at radius 1 is 1.15 bits per heavy atom. The maximum atomic E-state index is 12.8. The van der Waals surface area contributed by atoms with Crippen LogP contribution in [-0.4, -0.2) is 37.6 Å². The van der Waals surface area contributed by atoms with Gasteiger partial charge >= 0.3 is 12.0 Å². The minimum absolute atomic E-state index is 0.123. The number of rotatable bonds is 4. The number of nitrogens with zero attached hydrogens (tertiary/aromatic N) is 1. The van der Waals surface area contributed by atoms with Crippen molar-refractivity contribution in [2.45, 2.75) is 12.5 Å². The number of amides is 3. The molecule has 1 aliphatic rings. The minimum Gasteiger partial charge on any atom is -0.467 e. The molecule has 7 nitrogen and oxygen atoms in total. The van der Waals surface area contributed by atoms with Gasteiger partial charge in [-0.2, -0.15) is 0 Å². The van der Waals surface area contributed by atoms with Gasteiger partial charge in [0.25, 0.3) is 0 Å². The lowest BCUT2D eigenvalue weighted by atomic mass is 10.1. The zero-order valence-electron chi connectivity index (χ0n) is 14.3. The van der Waals surface area contributed by atoms with E-state index in [-0.39, 0.29) is 12.5 Å². The van der Waals surface area contributed by atoms with Crippen LogP contribution in [0.1, 0.15) is 5.56 Å². The van der Waals surface area contributed by atoms with Crippen LogP contribution in [0.2, 0.25) is 0 Å². The number of benzene rings is 2. The molecule has 7 heteroatoms. The van der Waals surface area contributed by atoms with Gasteiger partial charge in [0, 0.05) is 6.42 Å². The highest BCUT2D eigenvalue weighted by Gasteiger charge is 2.30. The Labute approximate surface area is 150 Å². The average Bonchev–Trinajstić information content (AvgIpc) is 2.66. The fourth-order valence-corrected chi connectivity index (χ4v) is 2.83. The number of fused-ring (bicyclic) bond motifs is 1. The van der Waals surface area contributed by atoms with E-state index in [1.54, 1.807) is 24.3 Å². The van der Waals surface area contributed by atoms with Gasteiger partial charge in [0.1, 0.15) is 12.6 Å². The molecule has 134 valence electrons. The molecule has 0 fully saturated rings. The van der Waals surface area contributed by atoms with Crippen molar-refractivity contribution in [3.63, 3.8) is 0 Å². The number of methoxy groups -OCH3 is 1. The Hall–Kier alpha value is -3.35. The maximum Gasteiger partial charge on any atom is 0.328 e. The van der Waals surface area contributed by atoms with E-state index in [0.29, 0.717) is 17.8 Å². The molecule has 1 atom stereocenters. The van der Waals surface area contributed by atoms with Crippen LogP contribution in [0.3, 0.4) is 0 Å². The average molecular weight is 353 g/mol. The summed E-state index contributed by atoms with van der Waals surface area (Å²) in [4.78, 5) is 38.1. The van der Waals surface area contributed by atoms with Crippen molar-refractivity contribution < 1.29 is 19.1 Å². The van der Waals surface area contributed by atoms with Crippen LogP contribution in [0.25, 0.3) is 0 Å². The molecular formula is C19H19N3O4. The smallest absolute Gasteiger partial charge is 0.328 e. The van der Waals surface area contributed by atoms with E-state index in [4.69, 9.17) is 4.74 Å². The second-order valence-electron chi connectivity index (χ2n) is 5.87. The molecule has 2 aromatic carbocycles. The molecule has 0 aliphatic carbocycles. The summed E-state index contributed by atoms with van der Waals surface area (Å²) in [5.41, 5.74) is 2.02. The van der Waals surface area contributed by atoms with Crippen molar-refractivity contribution in [1.82, 2.24) is 5.32 Å². The van der Waals surface area contributed by atoms with Crippen molar-refractivity contribution in [2.75, 3.05) is 23.9 Å². The lowest BCUT2D eigenvalue weighted by Gasteiger charge is -2.30. The van der Waals surface area contributed by atoms with Gasteiger partial charge in [0.15, 0.2) is 0 Å². The Balaban J connectivity index is 1.79. The van der Waals surface area contributed by atoms with E-state index in [1.165, 1.54) is 12.0 Å². The second kappa shape index (κ2) is 7.69. The van der Waals surface area contributed by atoms with Gasteiger partial charge in [-0.05, 0) is 17.7 Å². The largest absolute Gasteiger partial charge is 0.467 e. The van der Waals surface area contributed by atoms with Crippen molar-refractivity contribution in [2.24, 2.45) is 0 Å². The number of hydrogen-bond acceptors (Lipinski definition) is 4. The fourth-order valence-electron chi connectivity index (χ4n) is 2.83. The molecular weight excluding hydrogens is 334 g/mol. The standard InChI is InChI=1S/C19H19N3O4/c1-26-18(24)15(11-13-7-3-2-4-8-13)21-19(25)22-12-17(23)20-14-9-5-6-10-16(14)22/h2-10,15H,11-12H2,1H3,(H,20,23)(H,21,25). The molecule has 0 radical (unpaired) electrons. The predicted molar refractivity (Wildman–Crippen MR) is 96.9 cm³/mol. The lowest BCUT2D eigenvalue weighted by Crippen LogP contribution is -2.52. The second-order valence-corrected chi connectivity index (χ2v) is 5.87. The fraction of sp³-hybridized carbons (Fsp3) is 0.211. The molecule has 26 heavy (non-hydrogen) atoms. The number of carbonyl (C=O) groups excluding carboxylic acids is 3. The van der Waals surface area contributed by atoms with Gasteiger partial charge in [0.2, 0.25) is 5.91 Å². The number of esters is 1. The Bertz CT molecular complexity index is 823. The Morgan fingerprint density at radius 2 is 1.85 bits per heavy atom. The quantitative estimate of drug-likeness (QED) is 0.823. The molecule has 0 bridgehead atoms. The van der Waals surface area contributed by atoms with Gasteiger partial charge < -0.3 is 15.4 Å². The molecule has 1 aliphatic heterocycles. The van der Waals surface area contributed by atoms with E-state index in [1.807, 2.05) is 30.3 Å². The van der Waals surface area contributed by atoms with Crippen LogP contribution in [0.15, 0.2) is 54.6 Å². The monoisotopic (exact) mass is 353 g/mol. The molecule has 2 N–H and O–H groups in total. The van der Waals surface area contributed by atoms with Crippen LogP contribution in [-0.2, 0) is 20.7 Å². The van der Waals surface area contributed by atoms with Crippen LogP contribution in [0, 0.1) is 0 Å². The number of ether oxygens (including phenoxy) is 1. The number of para-hydroxylation sites is 2. The third-order valence-electron chi connectivity index (χ3n) is 4.08. The van der Waals surface area contributed by atoms with E-state index in [2.05, 4.69) is 10.6 Å². The summed E-state index contributed by atoms with van der Waals surface area (Å²) in [5, 5.41) is 5.40. The summed E-state index contributed by atoms with van der Waals surface area (Å²) >= 11 is 0. The molecule has 3 rings (SSSR count). The first kappa shape index (κ1) is 17.5. The molecule has 3 amide bonds. The van der Waals surface area contributed by atoms with Gasteiger partial charge in [0.05, 0.1) is 18.5 Å². The van der Waals surface area contributed by atoms with Crippen LogP contribution in [0.5, 0.6) is 0 Å². The zero-order chi connectivity index (χ0) is 18.5. The summed E-state index contributed by atoms with van der Waals surface area (Å²) in [6.45, 7) is -0.123. The van der Waals surface area contributed by atoms with Gasteiger partial charge in [-0.15, -0.1) is 0 Å². The summed E-state index contributed by atoms with van der Waals surface area (Å²) in [5.74, 6) is -0.839. The van der Waals surface area contributed by atoms with Crippen LogP contribution >= 0.6 is 0 Å². The number of urea groups is 1. The van der Waals surface area contributed by atoms with Gasteiger partial charge in [-0.3, -0.25) is 9.69 Å². The van der Waals surface area contributed by atoms with Gasteiger partial charge in [-0.25, -0.2) is 9.59 Å². The Kier molecular flexibility index (Phi) is 5.17. The van der Waals surface area contributed by atoms with Gasteiger partial charge in [-0.1, -0.05) is 42.5 Å².